The second-order valence-electron chi connectivity index (χ2n) is 3.74. The lowest BCUT2D eigenvalue weighted by atomic mass is 10.6. The number of rotatable bonds is 3. The molecule has 0 bridgehead atoms. The predicted molar refractivity (Wildman–Crippen MR) is 58.4 cm³/mol. The molecule has 0 saturated carbocycles. The molecule has 11 heavy (non-hydrogen) atoms. The molecule has 0 rings (SSSR count). The zero-order valence-corrected chi connectivity index (χ0v) is 10.2. The molecule has 1 nitrogen and oxygen atoms in total. The summed E-state index contributed by atoms with van der Waals surface area (Å²) >= 11 is 2.04. The first kappa shape index (κ1) is 11.1. The summed E-state index contributed by atoms with van der Waals surface area (Å²) in [7, 11) is 3.20. The molecule has 0 aliphatic carbocycles. The van der Waals surface area contributed by atoms with Crippen molar-refractivity contribution in [3.8, 4) is 0 Å². The van der Waals surface area contributed by atoms with Crippen molar-refractivity contribution in [2.75, 3.05) is 14.1 Å². The third-order valence-electron chi connectivity index (χ3n) is 1.10. The third kappa shape index (κ3) is 5.38. The van der Waals surface area contributed by atoms with E-state index in [1.54, 1.807) is 0 Å². The average molecular weight is 189 g/mol. The van der Waals surface area contributed by atoms with E-state index in [1.165, 1.54) is 5.03 Å². The molecule has 0 amide bonds. The first-order valence-electron chi connectivity index (χ1n) is 3.89. The molecular weight excluding hydrogens is 170 g/mol. The molecule has 0 aromatic carbocycles. The summed E-state index contributed by atoms with van der Waals surface area (Å²) in [6, 6.07) is 0. The second kappa shape index (κ2) is 4.21. The summed E-state index contributed by atoms with van der Waals surface area (Å²) < 4.78 is 0. The summed E-state index contributed by atoms with van der Waals surface area (Å²) in [5.41, 5.74) is 0. The summed E-state index contributed by atoms with van der Waals surface area (Å²) in [4.78, 5) is 2.18. The van der Waals surface area contributed by atoms with Gasteiger partial charge in [-0.05, 0) is 6.92 Å². The van der Waals surface area contributed by atoms with E-state index in [4.69, 9.17) is 0 Å². The van der Waals surface area contributed by atoms with Gasteiger partial charge < -0.3 is 4.90 Å². The fourth-order valence-electron chi connectivity index (χ4n) is 0.722. The van der Waals surface area contributed by atoms with Crippen LogP contribution in [0.25, 0.3) is 0 Å². The molecule has 0 N–H and O–H groups in total. The summed E-state index contributed by atoms with van der Waals surface area (Å²) in [5.74, 6) is 0. The monoisotopic (exact) mass is 189 g/mol. The molecule has 0 radical (unpaired) electrons. The van der Waals surface area contributed by atoms with Crippen molar-refractivity contribution in [2.45, 2.75) is 26.6 Å². The van der Waals surface area contributed by atoms with Crippen LogP contribution in [0, 0.1) is 0 Å². The number of allylic oxidation sites excluding steroid dienone is 1. The van der Waals surface area contributed by atoms with E-state index in [1.807, 2.05) is 11.2 Å². The molecule has 0 aromatic rings. The van der Waals surface area contributed by atoms with Crippen molar-refractivity contribution >= 4 is 18.4 Å². The highest BCUT2D eigenvalue weighted by Crippen LogP contribution is 2.28. The number of hydrogen-bond acceptors (Lipinski definition) is 2. The minimum absolute atomic E-state index is 0.997. The van der Waals surface area contributed by atoms with Gasteiger partial charge in [0.1, 0.15) is 7.22 Å². The van der Waals surface area contributed by atoms with Crippen molar-refractivity contribution in [2.24, 2.45) is 0 Å². The van der Waals surface area contributed by atoms with Crippen LogP contribution in [0.5, 0.6) is 0 Å². The molecule has 0 heterocycles. The van der Waals surface area contributed by atoms with Crippen LogP contribution in [-0.4, -0.2) is 26.2 Å². The molecule has 0 spiro atoms. The molecule has 0 saturated heterocycles. The van der Waals surface area contributed by atoms with Gasteiger partial charge in [-0.25, -0.2) is 0 Å². The van der Waals surface area contributed by atoms with Crippen LogP contribution < -0.4 is 0 Å². The number of hydrogen-bond donors (Lipinski definition) is 0. The number of nitrogens with zero attached hydrogens (tertiary/aromatic N) is 1. The van der Waals surface area contributed by atoms with Crippen molar-refractivity contribution < 1.29 is 0 Å². The Bertz CT molecular complexity index is 147. The molecule has 0 aliphatic rings. The largest absolute Gasteiger partial charge is 0.373 e. The Hall–Kier alpha value is 0.107. The Morgan fingerprint density at radius 2 is 1.73 bits per heavy atom. The Balaban J connectivity index is 4.12. The molecular formula is C8H19NSSi. The van der Waals surface area contributed by atoms with Gasteiger partial charge in [0.2, 0.25) is 0 Å². The molecule has 0 atom stereocenters. The van der Waals surface area contributed by atoms with Crippen LogP contribution in [0.4, 0.5) is 0 Å². The van der Waals surface area contributed by atoms with Crippen LogP contribution in [0.15, 0.2) is 11.1 Å². The lowest BCUT2D eigenvalue weighted by Crippen LogP contribution is -2.19. The Kier molecular flexibility index (Phi) is 4.25. The molecule has 66 valence electrons. The first-order valence-corrected chi connectivity index (χ1v) is 8.93. The van der Waals surface area contributed by atoms with Gasteiger partial charge in [0, 0.05) is 14.1 Å². The van der Waals surface area contributed by atoms with E-state index in [9.17, 15) is 0 Å². The van der Waals surface area contributed by atoms with E-state index in [0.29, 0.717) is 0 Å². The lowest BCUT2D eigenvalue weighted by Gasteiger charge is -2.23. The highest BCUT2D eigenvalue weighted by Gasteiger charge is 2.16. The minimum atomic E-state index is -0.997. The van der Waals surface area contributed by atoms with Gasteiger partial charge in [-0.2, -0.15) is 0 Å². The molecule has 3 heteroatoms. The van der Waals surface area contributed by atoms with E-state index >= 15 is 0 Å². The zero-order chi connectivity index (χ0) is 9.07. The van der Waals surface area contributed by atoms with E-state index < -0.39 is 7.22 Å². The van der Waals surface area contributed by atoms with Gasteiger partial charge in [-0.3, -0.25) is 0 Å². The highest BCUT2D eigenvalue weighted by molar-refractivity contribution is 8.31. The SMILES string of the molecule is C/C=C(/S[Si](C)(C)C)N(C)C. The van der Waals surface area contributed by atoms with Crippen LogP contribution in [0.2, 0.25) is 19.6 Å². The predicted octanol–water partition coefficient (Wildman–Crippen LogP) is 2.98. The van der Waals surface area contributed by atoms with Crippen LogP contribution in [0.1, 0.15) is 6.92 Å². The Morgan fingerprint density at radius 3 is 1.82 bits per heavy atom. The maximum absolute atomic E-state index is 2.37. The summed E-state index contributed by atoms with van der Waals surface area (Å²) in [6.45, 7) is 9.20. The molecule has 0 aromatic heterocycles. The maximum Gasteiger partial charge on any atom is 0.116 e. The Morgan fingerprint density at radius 1 is 1.27 bits per heavy atom. The van der Waals surface area contributed by atoms with Gasteiger partial charge in [0.05, 0.1) is 5.03 Å². The highest BCUT2D eigenvalue weighted by atomic mass is 32.4. The fraction of sp³-hybridized carbons (Fsp3) is 0.750. The van der Waals surface area contributed by atoms with Crippen LogP contribution in [-0.2, 0) is 0 Å². The minimum Gasteiger partial charge on any atom is -0.373 e. The summed E-state index contributed by atoms with van der Waals surface area (Å²) in [6.07, 6.45) is 2.18. The standard InChI is InChI=1S/C8H19NSSi/c1-7-8(9(2)3)10-11(4,5)6/h7H,1-6H3/b8-7+. The van der Waals surface area contributed by atoms with Crippen molar-refractivity contribution in [3.05, 3.63) is 11.1 Å². The van der Waals surface area contributed by atoms with Gasteiger partial charge in [-0.1, -0.05) is 25.7 Å². The van der Waals surface area contributed by atoms with Gasteiger partial charge in [0.15, 0.2) is 0 Å². The molecule has 0 unspecified atom stereocenters. The fourth-order valence-corrected chi connectivity index (χ4v) is 4.43. The summed E-state index contributed by atoms with van der Waals surface area (Å²) in [5, 5.41) is 1.39. The quantitative estimate of drug-likeness (QED) is 0.628. The van der Waals surface area contributed by atoms with Gasteiger partial charge >= 0.3 is 0 Å². The Labute approximate surface area is 75.5 Å². The van der Waals surface area contributed by atoms with Crippen molar-refractivity contribution in [1.82, 2.24) is 4.90 Å². The zero-order valence-electron chi connectivity index (χ0n) is 8.43. The van der Waals surface area contributed by atoms with Crippen molar-refractivity contribution in [1.29, 1.82) is 0 Å². The first-order chi connectivity index (χ1) is 4.87. The van der Waals surface area contributed by atoms with E-state index in [0.717, 1.165) is 0 Å². The van der Waals surface area contributed by atoms with Crippen molar-refractivity contribution in [3.63, 3.8) is 0 Å². The normalized spacial score (nSPS) is 13.5. The molecule has 0 aliphatic heterocycles. The lowest BCUT2D eigenvalue weighted by molar-refractivity contribution is 0.550. The van der Waals surface area contributed by atoms with Crippen LogP contribution in [0.3, 0.4) is 0 Å². The maximum atomic E-state index is 2.37. The van der Waals surface area contributed by atoms with Gasteiger partial charge in [0.25, 0.3) is 0 Å². The second-order valence-corrected chi connectivity index (χ2v) is 12.9. The van der Waals surface area contributed by atoms with Crippen LogP contribution >= 0.6 is 11.2 Å². The van der Waals surface area contributed by atoms with E-state index in [2.05, 4.69) is 51.6 Å². The van der Waals surface area contributed by atoms with E-state index in [-0.39, 0.29) is 0 Å². The topological polar surface area (TPSA) is 3.24 Å². The molecule has 0 fully saturated rings. The van der Waals surface area contributed by atoms with Gasteiger partial charge in [-0.15, -0.1) is 11.2 Å². The smallest absolute Gasteiger partial charge is 0.116 e. The average Bonchev–Trinajstić information content (AvgIpc) is 1.80. The third-order valence-corrected chi connectivity index (χ3v) is 4.99.